The molecule has 0 aromatic heterocycles. The normalized spacial score (nSPS) is 16.2. The van der Waals surface area contributed by atoms with Crippen LogP contribution >= 0.6 is 11.8 Å². The second-order valence-electron chi connectivity index (χ2n) is 31.1. The number of nitrogens with zero attached hydrogens (tertiary/aromatic N) is 1. The number of aliphatic hydroxyl groups is 2. The van der Waals surface area contributed by atoms with Gasteiger partial charge in [-0.3, -0.25) is 86.9 Å². The van der Waals surface area contributed by atoms with Gasteiger partial charge in [-0.05, 0) is 158 Å². The molecule has 44 nitrogen and oxygen atoms in total. The number of aliphatic hydroxyl groups excluding tert-OH is 2. The molecule has 1 aliphatic heterocycles. The van der Waals surface area contributed by atoms with Gasteiger partial charge < -0.3 is 134 Å². The Morgan fingerprint density at radius 2 is 0.920 bits per heavy atom. The lowest BCUT2D eigenvalue weighted by Crippen LogP contribution is -2.62. The van der Waals surface area contributed by atoms with Crippen molar-refractivity contribution in [3.05, 3.63) is 65.7 Å². The Labute approximate surface area is 728 Å². The highest BCUT2D eigenvalue weighted by Gasteiger charge is 2.43. The van der Waals surface area contributed by atoms with Crippen LogP contribution in [0.25, 0.3) is 0 Å². The van der Waals surface area contributed by atoms with E-state index in [1.54, 1.807) is 64.3 Å². The number of carbonyl (C=O) groups excluding carboxylic acids is 16. The summed E-state index contributed by atoms with van der Waals surface area (Å²) < 4.78 is 0. The predicted molar refractivity (Wildman–Crippen MR) is 455 cm³/mol. The van der Waals surface area contributed by atoms with Gasteiger partial charge in [0.1, 0.15) is 90.3 Å². The summed E-state index contributed by atoms with van der Waals surface area (Å²) in [4.78, 5) is 248. The van der Waals surface area contributed by atoms with Crippen molar-refractivity contribution in [2.45, 2.75) is 261 Å². The number of nitrogens with two attached hydrogens (primary N) is 5. The molecule has 45 heteroatoms. The van der Waals surface area contributed by atoms with Crippen molar-refractivity contribution >= 4 is 124 Å². The molecule has 0 spiro atoms. The van der Waals surface area contributed by atoms with Gasteiger partial charge in [0.15, 0.2) is 5.96 Å². The molecule has 17 atom stereocenters. The molecule has 0 radical (unpaired) electrons. The van der Waals surface area contributed by atoms with E-state index in [9.17, 15) is 112 Å². The first kappa shape index (κ1) is 107. The highest BCUT2D eigenvalue weighted by molar-refractivity contribution is 7.98. The van der Waals surface area contributed by atoms with Crippen LogP contribution < -0.4 is 103 Å². The number of likely N-dealkylation sites (tertiary alicyclic amines) is 1. The largest absolute Gasteiger partial charge is 0.508 e. The zero-order chi connectivity index (χ0) is 93.9. The molecule has 16 amide bonds. The number of guanidine groups is 1. The van der Waals surface area contributed by atoms with Gasteiger partial charge in [0, 0.05) is 38.8 Å². The number of primary amides is 2. The highest BCUT2D eigenvalue weighted by Crippen LogP contribution is 2.23. The van der Waals surface area contributed by atoms with E-state index in [0.29, 0.717) is 30.4 Å². The number of rotatable bonds is 58. The van der Waals surface area contributed by atoms with Crippen LogP contribution in [0.4, 0.5) is 0 Å². The number of carboxylic acids is 2. The van der Waals surface area contributed by atoms with Gasteiger partial charge in [0.2, 0.25) is 94.5 Å². The first-order valence-electron chi connectivity index (χ1n) is 41.4. The number of hydrogen-bond acceptors (Lipinski definition) is 25. The predicted octanol–water partition coefficient (Wildman–Crippen LogP) is -6.07. The van der Waals surface area contributed by atoms with Crippen LogP contribution in [0.1, 0.15) is 162 Å². The van der Waals surface area contributed by atoms with Crippen molar-refractivity contribution in [3.8, 4) is 5.75 Å². The molecule has 2 aromatic carbocycles. The number of phenolic OH excluding ortho intramolecular Hbond substituents is 1. The van der Waals surface area contributed by atoms with Gasteiger partial charge >= 0.3 is 11.9 Å². The molecule has 2 aromatic rings. The molecular weight excluding hydrogens is 1660 g/mol. The highest BCUT2D eigenvalue weighted by atomic mass is 32.2. The van der Waals surface area contributed by atoms with Crippen LogP contribution in [0.2, 0.25) is 0 Å². The lowest BCUT2D eigenvalue weighted by Gasteiger charge is -2.32. The number of amides is 16. The Balaban J connectivity index is 1.90. The Hall–Kier alpha value is -11.8. The number of carboxylic acid groups (broad SMARTS) is 2. The topological polar surface area (TPSA) is 734 Å². The fraction of sp³-hybridized carbons (Fsp3) is 0.613. The van der Waals surface area contributed by atoms with E-state index in [2.05, 4.69) is 74.4 Å². The third-order valence-electron chi connectivity index (χ3n) is 20.3. The summed E-state index contributed by atoms with van der Waals surface area (Å²) in [6, 6.07) is -9.16. The van der Waals surface area contributed by atoms with Crippen molar-refractivity contribution in [1.29, 1.82) is 5.41 Å². The number of nitrogens with one attached hydrogen (secondary N) is 15. The first-order valence-corrected chi connectivity index (χ1v) is 42.7. The number of carbonyl (C=O) groups is 18. The molecule has 0 unspecified atom stereocenters. The third-order valence-corrected chi connectivity index (χ3v) is 21.0. The number of thioether (sulfide) groups is 1. The average molecular weight is 1780 g/mol. The monoisotopic (exact) mass is 1780 g/mol. The number of hydrogen-bond donors (Lipinski definition) is 25. The van der Waals surface area contributed by atoms with Crippen molar-refractivity contribution in [2.24, 2.45) is 40.5 Å². The number of aliphatic carboxylic acids is 2. The number of aromatic hydroxyl groups is 1. The van der Waals surface area contributed by atoms with Gasteiger partial charge in [-0.2, -0.15) is 11.8 Å². The second kappa shape index (κ2) is 55.4. The van der Waals surface area contributed by atoms with Crippen LogP contribution in [0, 0.1) is 17.2 Å². The number of phenols is 1. The number of unbranched alkanes of at least 4 members (excludes halogenated alkanes) is 1. The molecular formula is C80H127N21O23S. The van der Waals surface area contributed by atoms with E-state index >= 15 is 0 Å². The van der Waals surface area contributed by atoms with E-state index in [4.69, 9.17) is 34.1 Å². The van der Waals surface area contributed by atoms with Crippen LogP contribution in [0.5, 0.6) is 5.75 Å². The fourth-order valence-corrected chi connectivity index (χ4v) is 13.4. The molecule has 1 heterocycles. The minimum Gasteiger partial charge on any atom is -0.508 e. The summed E-state index contributed by atoms with van der Waals surface area (Å²) in [5.41, 5.74) is 29.4. The van der Waals surface area contributed by atoms with Gasteiger partial charge in [-0.1, -0.05) is 76.6 Å². The Bertz CT molecular complexity index is 4000. The van der Waals surface area contributed by atoms with Gasteiger partial charge in [-0.15, -0.1) is 0 Å². The molecule has 0 saturated carbocycles. The summed E-state index contributed by atoms with van der Waals surface area (Å²) in [6.45, 7) is 9.49. The van der Waals surface area contributed by atoms with Crippen LogP contribution in [-0.2, 0) is 99.1 Å². The van der Waals surface area contributed by atoms with Crippen molar-refractivity contribution in [2.75, 3.05) is 38.2 Å². The fourth-order valence-electron chi connectivity index (χ4n) is 13.0. The van der Waals surface area contributed by atoms with E-state index in [1.807, 2.05) is 0 Å². The summed E-state index contributed by atoms with van der Waals surface area (Å²) in [6.07, 6.45) is -2.83. The summed E-state index contributed by atoms with van der Waals surface area (Å²) >= 11 is 1.21. The summed E-state index contributed by atoms with van der Waals surface area (Å²) in [7, 11) is 0. The van der Waals surface area contributed by atoms with E-state index < -0.39 is 247 Å². The Morgan fingerprint density at radius 1 is 0.496 bits per heavy atom. The van der Waals surface area contributed by atoms with Crippen molar-refractivity contribution < 1.29 is 112 Å². The standard InChI is InChI=1S/C80H127N21O23S/c1-9-42(4)63(78(122)101-35-16-21-59(101)79(123)124)99-77(121)64(45(7)103)100-73(117)50(19-13-14-33-81)92-76(120)58(40-102)98-66(110)44(6)88-68(112)55(32-36-125-8)95-71(115)54(28-31-62(107)108)93-69(113)51(20-15-34-87-80(85)86)91-70(114)53(27-30-61(84)106)94-75(119)57(39-46-17-11-10-12-18-46)96-65(109)43(5)89-74(118)56(37-41(2)3)97-72(116)52(26-29-60(83)105)90-67(111)49(82)38-47-22-24-48(104)25-23-47/h10-12,17-18,22-25,41-45,49-59,63-64,102-104H,9,13-16,19-21,26-40,81-82H2,1-8H3,(H2,83,105)(H2,84,106)(H,88,112)(H,89,118)(H,90,111)(H,91,114)(H,92,120)(H,93,113)(H,94,119)(H,95,115)(H,96,109)(H,97,116)(H,98,110)(H,99,121)(H,100,117)(H,107,108)(H,123,124)(H4,85,86,87)/t42-,43-,44-,45+,49-,50-,51-,52-,53-,54-,55-,56-,57-,58-,59-,63-,64-/m0/s1. The molecule has 1 saturated heterocycles. The van der Waals surface area contributed by atoms with Gasteiger partial charge in [0.05, 0.1) is 18.8 Å². The molecule has 3 rings (SSSR count). The van der Waals surface area contributed by atoms with E-state index in [1.165, 1.54) is 56.8 Å². The number of benzene rings is 2. The van der Waals surface area contributed by atoms with Crippen LogP contribution in [0.3, 0.4) is 0 Å². The smallest absolute Gasteiger partial charge is 0.326 e. The minimum absolute atomic E-state index is 0.0194. The SMILES string of the molecule is CC[C@H](C)[C@H](NC(=O)[C@@H](NC(=O)[C@H](CCCCN)NC(=O)[C@H](CO)NC(=O)[C@H](C)NC(=O)[C@H](CCSC)NC(=O)[C@H](CCC(=O)O)NC(=O)[C@H](CCCNC(=N)N)NC(=O)[C@H](CCC(N)=O)NC(=O)[C@H](Cc1ccccc1)NC(=O)[C@H](C)NC(=O)[C@H](CC(C)C)NC(=O)[C@H](CCC(N)=O)NC(=O)[C@@H](N)Cc1ccc(O)cc1)[C@@H](C)O)C(=O)N1CCC[C@H]1C(=O)O. The van der Waals surface area contributed by atoms with E-state index in [0.717, 1.165) is 4.90 Å². The molecule has 1 aliphatic rings. The van der Waals surface area contributed by atoms with Crippen LogP contribution in [0.15, 0.2) is 54.6 Å². The molecule has 0 aliphatic carbocycles. The van der Waals surface area contributed by atoms with Crippen LogP contribution in [-0.4, -0.2) is 278 Å². The Morgan fingerprint density at radius 3 is 1.38 bits per heavy atom. The average Bonchev–Trinajstić information content (AvgIpc) is 1.73. The van der Waals surface area contributed by atoms with Gasteiger partial charge in [-0.25, -0.2) is 4.79 Å². The molecule has 1 fully saturated rings. The maximum atomic E-state index is 14.7. The molecule has 30 N–H and O–H groups in total. The van der Waals surface area contributed by atoms with Gasteiger partial charge in [0.25, 0.3) is 0 Å². The molecule has 125 heavy (non-hydrogen) atoms. The minimum atomic E-state index is -1.83. The lowest BCUT2D eigenvalue weighted by molar-refractivity contribution is -0.150. The molecule has 0 bridgehead atoms. The summed E-state index contributed by atoms with van der Waals surface area (Å²) in [5.74, 6) is -19.8. The zero-order valence-corrected chi connectivity index (χ0v) is 72.5. The Kier molecular flexibility index (Phi) is 47.6. The summed E-state index contributed by atoms with van der Waals surface area (Å²) in [5, 5.41) is 93.0. The lowest BCUT2D eigenvalue weighted by atomic mass is 9.96. The quantitative estimate of drug-likeness (QED) is 0.0166. The van der Waals surface area contributed by atoms with E-state index in [-0.39, 0.29) is 108 Å². The maximum Gasteiger partial charge on any atom is 0.326 e. The third kappa shape index (κ3) is 38.9. The first-order chi connectivity index (χ1) is 58.9. The second-order valence-corrected chi connectivity index (χ2v) is 32.1. The maximum absolute atomic E-state index is 14.7. The van der Waals surface area contributed by atoms with Crippen molar-refractivity contribution in [3.63, 3.8) is 0 Å². The van der Waals surface area contributed by atoms with Crippen molar-refractivity contribution in [1.82, 2.24) is 79.3 Å². The molecule has 696 valence electrons. The zero-order valence-electron chi connectivity index (χ0n) is 71.7.